The van der Waals surface area contributed by atoms with Gasteiger partial charge in [0.1, 0.15) is 6.10 Å². The summed E-state index contributed by atoms with van der Waals surface area (Å²) in [6, 6.07) is 8.33. The van der Waals surface area contributed by atoms with Gasteiger partial charge >= 0.3 is 0 Å². The van der Waals surface area contributed by atoms with E-state index in [-0.39, 0.29) is 6.10 Å². The van der Waals surface area contributed by atoms with Gasteiger partial charge in [-0.1, -0.05) is 24.3 Å². The highest BCUT2D eigenvalue weighted by molar-refractivity contribution is 5.73. The lowest BCUT2D eigenvalue weighted by Crippen LogP contribution is -2.20. The summed E-state index contributed by atoms with van der Waals surface area (Å²) in [5.41, 5.74) is 3.17. The number of benzene rings is 1. The number of hydrogen-bond acceptors (Lipinski definition) is 3. The maximum atomic E-state index is 10.6. The normalized spacial score (nSPS) is 18.3. The minimum Gasteiger partial charge on any atom is -0.371 e. The van der Waals surface area contributed by atoms with Gasteiger partial charge in [-0.25, -0.2) is 0 Å². The van der Waals surface area contributed by atoms with Crippen LogP contribution in [0.1, 0.15) is 27.6 Å². The quantitative estimate of drug-likeness (QED) is 0.773. The molecule has 0 aliphatic carbocycles. The van der Waals surface area contributed by atoms with Crippen LogP contribution >= 0.6 is 0 Å². The Morgan fingerprint density at radius 2 is 2.33 bits per heavy atom. The van der Waals surface area contributed by atoms with Crippen molar-refractivity contribution in [3.05, 3.63) is 53.3 Å². The van der Waals surface area contributed by atoms with E-state index in [0.29, 0.717) is 12.1 Å². The summed E-state index contributed by atoms with van der Waals surface area (Å²) in [6.45, 7) is 1.38. The number of fused-ring (bicyclic) bond motifs is 1. The molecule has 1 aromatic carbocycles. The number of carbonyl (C=O) groups excluding carboxylic acids is 1. The van der Waals surface area contributed by atoms with Gasteiger partial charge in [0.2, 0.25) is 0 Å². The van der Waals surface area contributed by atoms with E-state index in [4.69, 9.17) is 4.74 Å². The Bertz CT molecular complexity index is 562. The first-order valence-electron chi connectivity index (χ1n) is 6.04. The second-order valence-corrected chi connectivity index (χ2v) is 4.42. The number of carbonyl (C=O) groups is 1. The number of rotatable bonds is 3. The van der Waals surface area contributed by atoms with Gasteiger partial charge in [0, 0.05) is 6.20 Å². The molecule has 3 rings (SSSR count). The van der Waals surface area contributed by atoms with Gasteiger partial charge in [-0.15, -0.1) is 0 Å². The summed E-state index contributed by atoms with van der Waals surface area (Å²) in [5, 5.41) is 4.16. The van der Waals surface area contributed by atoms with Gasteiger partial charge in [-0.05, 0) is 17.5 Å². The molecule has 0 saturated carbocycles. The fraction of sp³-hybridized carbons (Fsp3) is 0.286. The van der Waals surface area contributed by atoms with Crippen LogP contribution in [-0.2, 0) is 17.7 Å². The molecule has 0 fully saturated rings. The van der Waals surface area contributed by atoms with Crippen molar-refractivity contribution in [1.82, 2.24) is 9.78 Å². The van der Waals surface area contributed by atoms with Crippen LogP contribution in [0.3, 0.4) is 0 Å². The molecule has 0 amide bonds. The lowest BCUT2D eigenvalue weighted by atomic mass is 9.98. The van der Waals surface area contributed by atoms with E-state index >= 15 is 0 Å². The molecule has 0 saturated heterocycles. The summed E-state index contributed by atoms with van der Waals surface area (Å²) >= 11 is 0. The number of aromatic nitrogens is 2. The molecular weight excluding hydrogens is 228 g/mol. The van der Waals surface area contributed by atoms with Crippen molar-refractivity contribution in [3.63, 3.8) is 0 Å². The van der Waals surface area contributed by atoms with Crippen LogP contribution in [0.15, 0.2) is 36.7 Å². The van der Waals surface area contributed by atoms with Gasteiger partial charge in [0.05, 0.1) is 24.9 Å². The van der Waals surface area contributed by atoms with Crippen LogP contribution in [0.5, 0.6) is 0 Å². The Labute approximate surface area is 105 Å². The highest BCUT2D eigenvalue weighted by atomic mass is 16.5. The lowest BCUT2D eigenvalue weighted by Gasteiger charge is -2.25. The molecule has 0 bridgehead atoms. The number of hydrogen-bond donors (Lipinski definition) is 0. The molecule has 0 N–H and O–H groups in total. The maximum Gasteiger partial charge on any atom is 0.153 e. The average Bonchev–Trinajstić information content (AvgIpc) is 2.87. The van der Waals surface area contributed by atoms with E-state index in [9.17, 15) is 4.79 Å². The zero-order valence-electron chi connectivity index (χ0n) is 9.95. The summed E-state index contributed by atoms with van der Waals surface area (Å²) in [6.07, 6.45) is 5.11. The van der Waals surface area contributed by atoms with Crippen LogP contribution < -0.4 is 0 Å². The van der Waals surface area contributed by atoms with Crippen LogP contribution in [0.4, 0.5) is 0 Å². The van der Waals surface area contributed by atoms with Crippen molar-refractivity contribution in [2.45, 2.75) is 19.1 Å². The van der Waals surface area contributed by atoms with Crippen molar-refractivity contribution in [2.75, 3.05) is 6.61 Å². The lowest BCUT2D eigenvalue weighted by molar-refractivity contribution is 0.0283. The van der Waals surface area contributed by atoms with E-state index < -0.39 is 0 Å². The Kier molecular flexibility index (Phi) is 2.94. The van der Waals surface area contributed by atoms with Crippen molar-refractivity contribution in [2.24, 2.45) is 0 Å². The SMILES string of the molecule is O=Cc1cnn(CC2OCCc3ccccc32)c1. The molecular formula is C14H14N2O2. The number of ether oxygens (including phenoxy) is 1. The van der Waals surface area contributed by atoms with Crippen molar-refractivity contribution >= 4 is 6.29 Å². The second-order valence-electron chi connectivity index (χ2n) is 4.42. The van der Waals surface area contributed by atoms with Crippen molar-refractivity contribution in [3.8, 4) is 0 Å². The molecule has 1 unspecified atom stereocenters. The van der Waals surface area contributed by atoms with Crippen LogP contribution in [0.2, 0.25) is 0 Å². The minimum atomic E-state index is 0.0225. The first-order chi connectivity index (χ1) is 8.86. The van der Waals surface area contributed by atoms with E-state index in [1.165, 1.54) is 11.1 Å². The fourth-order valence-electron chi connectivity index (χ4n) is 2.34. The zero-order valence-corrected chi connectivity index (χ0v) is 9.95. The highest BCUT2D eigenvalue weighted by Gasteiger charge is 2.20. The molecule has 0 radical (unpaired) electrons. The molecule has 2 aromatic rings. The maximum absolute atomic E-state index is 10.6. The largest absolute Gasteiger partial charge is 0.371 e. The Morgan fingerprint density at radius 3 is 3.17 bits per heavy atom. The molecule has 2 heterocycles. The van der Waals surface area contributed by atoms with Crippen molar-refractivity contribution in [1.29, 1.82) is 0 Å². The minimum absolute atomic E-state index is 0.0225. The van der Waals surface area contributed by atoms with Gasteiger partial charge in [0.15, 0.2) is 6.29 Å². The number of nitrogens with zero attached hydrogens (tertiary/aromatic N) is 2. The molecule has 18 heavy (non-hydrogen) atoms. The van der Waals surface area contributed by atoms with Crippen LogP contribution in [-0.4, -0.2) is 22.7 Å². The van der Waals surface area contributed by atoms with E-state index in [2.05, 4.69) is 23.3 Å². The standard InChI is InChI=1S/C14H14N2O2/c17-10-11-7-15-16(8-11)9-14-13-4-2-1-3-12(13)5-6-18-14/h1-4,7-8,10,14H,5-6,9H2. The Hall–Kier alpha value is -1.94. The molecule has 4 heteroatoms. The van der Waals surface area contributed by atoms with E-state index in [1.54, 1.807) is 17.1 Å². The van der Waals surface area contributed by atoms with Gasteiger partial charge in [0.25, 0.3) is 0 Å². The van der Waals surface area contributed by atoms with E-state index in [0.717, 1.165) is 19.3 Å². The van der Waals surface area contributed by atoms with Crippen LogP contribution in [0.25, 0.3) is 0 Å². The third-order valence-electron chi connectivity index (χ3n) is 3.23. The number of aldehydes is 1. The fourth-order valence-corrected chi connectivity index (χ4v) is 2.34. The predicted molar refractivity (Wildman–Crippen MR) is 66.5 cm³/mol. The second kappa shape index (κ2) is 4.74. The molecule has 4 nitrogen and oxygen atoms in total. The first kappa shape index (κ1) is 11.2. The predicted octanol–water partition coefficient (Wildman–Crippen LogP) is 2.01. The summed E-state index contributed by atoms with van der Waals surface area (Å²) in [4.78, 5) is 10.6. The molecule has 1 aromatic heterocycles. The molecule has 1 aliphatic heterocycles. The van der Waals surface area contributed by atoms with Gasteiger partial charge in [-0.2, -0.15) is 5.10 Å². The van der Waals surface area contributed by atoms with Gasteiger partial charge < -0.3 is 4.74 Å². The van der Waals surface area contributed by atoms with Gasteiger partial charge in [-0.3, -0.25) is 9.48 Å². The summed E-state index contributed by atoms with van der Waals surface area (Å²) in [7, 11) is 0. The molecule has 1 aliphatic rings. The molecule has 92 valence electrons. The smallest absolute Gasteiger partial charge is 0.153 e. The average molecular weight is 242 g/mol. The highest BCUT2D eigenvalue weighted by Crippen LogP contribution is 2.27. The third kappa shape index (κ3) is 2.07. The van der Waals surface area contributed by atoms with E-state index in [1.807, 2.05) is 6.07 Å². The summed E-state index contributed by atoms with van der Waals surface area (Å²) < 4.78 is 7.56. The Morgan fingerprint density at radius 1 is 1.44 bits per heavy atom. The zero-order chi connectivity index (χ0) is 12.4. The monoisotopic (exact) mass is 242 g/mol. The topological polar surface area (TPSA) is 44.1 Å². The van der Waals surface area contributed by atoms with Crippen LogP contribution in [0, 0.1) is 0 Å². The molecule has 0 spiro atoms. The Balaban J connectivity index is 1.83. The summed E-state index contributed by atoms with van der Waals surface area (Å²) in [5.74, 6) is 0. The van der Waals surface area contributed by atoms with Crippen molar-refractivity contribution < 1.29 is 9.53 Å². The first-order valence-corrected chi connectivity index (χ1v) is 6.04. The third-order valence-corrected chi connectivity index (χ3v) is 3.23. The molecule has 1 atom stereocenters.